The van der Waals surface area contributed by atoms with Crippen molar-refractivity contribution in [1.29, 1.82) is 0 Å². The molecule has 0 amide bonds. The third-order valence-corrected chi connectivity index (χ3v) is 4.01. The highest BCUT2D eigenvalue weighted by Crippen LogP contribution is 2.37. The van der Waals surface area contributed by atoms with Crippen LogP contribution in [0.4, 0.5) is 0 Å². The van der Waals surface area contributed by atoms with E-state index in [1.165, 1.54) is 6.20 Å². The number of nitrogens with zero attached hydrogens (tertiary/aromatic N) is 1. The maximum absolute atomic E-state index is 11.2. The molecule has 0 saturated carbocycles. The number of aryl methyl sites for hydroxylation is 1. The van der Waals surface area contributed by atoms with E-state index in [-0.39, 0.29) is 5.56 Å². The van der Waals surface area contributed by atoms with E-state index in [2.05, 4.69) is 4.98 Å². The second kappa shape index (κ2) is 5.28. The van der Waals surface area contributed by atoms with Crippen LogP contribution in [0.2, 0.25) is 0 Å². The first kappa shape index (κ1) is 15.7. The Morgan fingerprint density at radius 1 is 1.29 bits per heavy atom. The summed E-state index contributed by atoms with van der Waals surface area (Å²) in [7, 11) is -0.495. The van der Waals surface area contributed by atoms with E-state index >= 15 is 0 Å². The lowest BCUT2D eigenvalue weighted by atomic mass is 9.88. The molecule has 2 heterocycles. The second-order valence-corrected chi connectivity index (χ2v) is 6.20. The Balaban J connectivity index is 2.24. The summed E-state index contributed by atoms with van der Waals surface area (Å²) in [6.45, 7) is 9.71. The first-order valence-electron chi connectivity index (χ1n) is 6.86. The van der Waals surface area contributed by atoms with Crippen LogP contribution in [0.25, 0.3) is 6.08 Å². The zero-order valence-corrected chi connectivity index (χ0v) is 13.0. The van der Waals surface area contributed by atoms with E-state index in [1.54, 1.807) is 18.1 Å². The fourth-order valence-corrected chi connectivity index (χ4v) is 2.05. The van der Waals surface area contributed by atoms with Crippen molar-refractivity contribution in [2.75, 3.05) is 0 Å². The minimum Gasteiger partial charge on any atom is -0.478 e. The number of carboxylic acids is 1. The van der Waals surface area contributed by atoms with Crippen molar-refractivity contribution >= 4 is 19.2 Å². The molecule has 0 bridgehead atoms. The number of aromatic nitrogens is 1. The molecule has 0 aromatic carbocycles. The quantitative estimate of drug-likeness (QED) is 0.866. The molecule has 1 aromatic rings. The Kier molecular flexibility index (Phi) is 3.95. The average Bonchev–Trinajstić information content (AvgIpc) is 2.55. The first-order valence-corrected chi connectivity index (χ1v) is 6.86. The maximum atomic E-state index is 11.2. The van der Waals surface area contributed by atoms with E-state index < -0.39 is 24.3 Å². The number of hydrogen-bond acceptors (Lipinski definition) is 4. The molecule has 1 N–H and O–H groups in total. The molecular weight excluding hydrogens is 269 g/mol. The van der Waals surface area contributed by atoms with Gasteiger partial charge in [0, 0.05) is 11.9 Å². The third kappa shape index (κ3) is 3.17. The van der Waals surface area contributed by atoms with E-state index in [4.69, 9.17) is 9.31 Å². The van der Waals surface area contributed by atoms with Gasteiger partial charge in [-0.1, -0.05) is 12.1 Å². The van der Waals surface area contributed by atoms with Crippen LogP contribution in [0.5, 0.6) is 0 Å². The predicted molar refractivity (Wildman–Crippen MR) is 81.0 cm³/mol. The number of pyridine rings is 1. The van der Waals surface area contributed by atoms with Crippen molar-refractivity contribution in [2.45, 2.75) is 45.8 Å². The van der Waals surface area contributed by atoms with E-state index in [0.29, 0.717) is 5.56 Å². The summed E-state index contributed by atoms with van der Waals surface area (Å²) >= 11 is 0. The van der Waals surface area contributed by atoms with Gasteiger partial charge in [0.2, 0.25) is 0 Å². The van der Waals surface area contributed by atoms with Gasteiger partial charge in [-0.2, -0.15) is 0 Å². The summed E-state index contributed by atoms with van der Waals surface area (Å²) in [5.41, 5.74) is 0.684. The van der Waals surface area contributed by atoms with Crippen molar-refractivity contribution in [3.63, 3.8) is 0 Å². The van der Waals surface area contributed by atoms with Crippen LogP contribution in [-0.2, 0) is 9.31 Å². The third-order valence-electron chi connectivity index (χ3n) is 4.01. The molecular formula is C15H20BNO4. The van der Waals surface area contributed by atoms with Crippen molar-refractivity contribution in [2.24, 2.45) is 0 Å². The van der Waals surface area contributed by atoms with Crippen LogP contribution >= 0.6 is 0 Å². The van der Waals surface area contributed by atoms with Crippen LogP contribution in [0.3, 0.4) is 0 Å². The van der Waals surface area contributed by atoms with Gasteiger partial charge in [-0.3, -0.25) is 4.98 Å². The highest BCUT2D eigenvalue weighted by Gasteiger charge is 2.50. The SMILES string of the molecule is Cc1cc(/C=C/B2OC(C)(C)C(C)(C)O2)c(C(=O)O)cn1. The first-order chi connectivity index (χ1) is 9.62. The monoisotopic (exact) mass is 289 g/mol. The van der Waals surface area contributed by atoms with E-state index in [0.717, 1.165) is 5.69 Å². The topological polar surface area (TPSA) is 68.7 Å². The van der Waals surface area contributed by atoms with Crippen molar-refractivity contribution in [1.82, 2.24) is 4.98 Å². The minimum absolute atomic E-state index is 0.161. The van der Waals surface area contributed by atoms with Crippen molar-refractivity contribution in [3.05, 3.63) is 35.1 Å². The molecule has 6 heteroatoms. The van der Waals surface area contributed by atoms with Gasteiger partial charge in [0.1, 0.15) is 0 Å². The Morgan fingerprint density at radius 2 is 1.86 bits per heavy atom. The molecule has 1 aromatic heterocycles. The highest BCUT2D eigenvalue weighted by atomic mass is 16.7. The molecule has 0 radical (unpaired) electrons. The minimum atomic E-state index is -1.00. The number of aromatic carboxylic acids is 1. The van der Waals surface area contributed by atoms with Crippen molar-refractivity contribution < 1.29 is 19.2 Å². The van der Waals surface area contributed by atoms with Gasteiger partial charge in [0.25, 0.3) is 0 Å². The summed E-state index contributed by atoms with van der Waals surface area (Å²) in [4.78, 5) is 15.2. The largest absolute Gasteiger partial charge is 0.487 e. The average molecular weight is 289 g/mol. The molecule has 1 fully saturated rings. The van der Waals surface area contributed by atoms with Gasteiger partial charge in [0.15, 0.2) is 0 Å². The molecule has 0 aliphatic carbocycles. The molecule has 112 valence electrons. The molecule has 2 rings (SSSR count). The van der Waals surface area contributed by atoms with Gasteiger partial charge < -0.3 is 14.4 Å². The van der Waals surface area contributed by atoms with Crippen LogP contribution in [-0.4, -0.2) is 34.4 Å². The lowest BCUT2D eigenvalue weighted by molar-refractivity contribution is 0.00578. The van der Waals surface area contributed by atoms with Crippen LogP contribution in [0, 0.1) is 6.92 Å². The molecule has 0 spiro atoms. The van der Waals surface area contributed by atoms with Crippen LogP contribution in [0.1, 0.15) is 49.3 Å². The van der Waals surface area contributed by atoms with Gasteiger partial charge in [-0.25, -0.2) is 4.79 Å². The summed E-state index contributed by atoms with van der Waals surface area (Å²) < 4.78 is 11.7. The zero-order valence-electron chi connectivity index (χ0n) is 13.0. The second-order valence-electron chi connectivity index (χ2n) is 6.20. The lowest BCUT2D eigenvalue weighted by Gasteiger charge is -2.32. The summed E-state index contributed by atoms with van der Waals surface area (Å²) in [5.74, 6) is 0.730. The molecule has 1 aliphatic heterocycles. The van der Waals surface area contributed by atoms with Gasteiger partial charge in [-0.15, -0.1) is 0 Å². The molecule has 21 heavy (non-hydrogen) atoms. The highest BCUT2D eigenvalue weighted by molar-refractivity contribution is 6.52. The lowest BCUT2D eigenvalue weighted by Crippen LogP contribution is -2.41. The smallest absolute Gasteiger partial charge is 0.478 e. The fourth-order valence-electron chi connectivity index (χ4n) is 2.05. The molecule has 5 nitrogen and oxygen atoms in total. The summed E-state index contributed by atoms with van der Waals surface area (Å²) in [6, 6.07) is 1.73. The Morgan fingerprint density at radius 3 is 2.38 bits per heavy atom. The number of hydrogen-bond donors (Lipinski definition) is 1. The van der Waals surface area contributed by atoms with E-state index in [9.17, 15) is 9.90 Å². The summed E-state index contributed by atoms with van der Waals surface area (Å²) in [6.07, 6.45) is 3.07. The standard InChI is InChI=1S/C15H20BNO4/c1-10-8-11(12(9-17-10)13(18)19)6-7-16-20-14(2,3)15(4,5)21-16/h6-9H,1-5H3,(H,18,19)/b7-6+. The van der Waals surface area contributed by atoms with Gasteiger partial charge >= 0.3 is 13.1 Å². The maximum Gasteiger partial charge on any atom is 0.487 e. The van der Waals surface area contributed by atoms with Gasteiger partial charge in [-0.05, 0) is 46.2 Å². The Bertz CT molecular complexity index is 579. The predicted octanol–water partition coefficient (Wildman–Crippen LogP) is 2.73. The number of rotatable bonds is 3. The Labute approximate surface area is 125 Å². The molecule has 1 aliphatic rings. The molecule has 0 atom stereocenters. The Hall–Kier alpha value is -1.66. The normalized spacial score (nSPS) is 20.1. The van der Waals surface area contributed by atoms with Crippen LogP contribution in [0.15, 0.2) is 18.2 Å². The number of carbonyl (C=O) groups is 1. The molecule has 1 saturated heterocycles. The zero-order chi connectivity index (χ0) is 15.8. The summed E-state index contributed by atoms with van der Waals surface area (Å²) in [5, 5.41) is 9.18. The molecule has 0 unspecified atom stereocenters. The van der Waals surface area contributed by atoms with E-state index in [1.807, 2.05) is 34.6 Å². The number of carboxylic acid groups (broad SMARTS) is 1. The van der Waals surface area contributed by atoms with Gasteiger partial charge in [0.05, 0.1) is 16.8 Å². The fraction of sp³-hybridized carbons (Fsp3) is 0.467. The van der Waals surface area contributed by atoms with Crippen LogP contribution < -0.4 is 0 Å². The van der Waals surface area contributed by atoms with Crippen molar-refractivity contribution in [3.8, 4) is 0 Å².